The Bertz CT molecular complexity index is 1310. The van der Waals surface area contributed by atoms with Crippen LogP contribution in [0, 0.1) is 5.82 Å². The molecule has 0 amide bonds. The standard InChI is InChI=1S/C20H15ClFN5O4/c1-2-30-20(29)31-16-11-27(19-14(17(16)28)9-15(22)18(21)24-19)13-5-3-12(4-6-13)10-26-8-7-23-25-26/h3-9,11H,2,10H2,1H3. The first kappa shape index (κ1) is 20.5. The third kappa shape index (κ3) is 4.24. The van der Waals surface area contributed by atoms with E-state index < -0.39 is 17.4 Å². The predicted molar refractivity (Wildman–Crippen MR) is 109 cm³/mol. The largest absolute Gasteiger partial charge is 0.514 e. The van der Waals surface area contributed by atoms with Gasteiger partial charge in [0.15, 0.2) is 22.4 Å². The molecule has 0 fully saturated rings. The summed E-state index contributed by atoms with van der Waals surface area (Å²) in [4.78, 5) is 28.5. The molecule has 1 aromatic carbocycles. The molecule has 0 aliphatic heterocycles. The second kappa shape index (κ2) is 8.52. The van der Waals surface area contributed by atoms with Crippen molar-refractivity contribution in [2.24, 2.45) is 0 Å². The number of nitrogens with zero attached hydrogens (tertiary/aromatic N) is 5. The molecular weight excluding hydrogens is 429 g/mol. The molecule has 9 nitrogen and oxygen atoms in total. The van der Waals surface area contributed by atoms with Gasteiger partial charge in [0.1, 0.15) is 0 Å². The molecule has 4 aromatic rings. The molecule has 31 heavy (non-hydrogen) atoms. The zero-order valence-electron chi connectivity index (χ0n) is 16.2. The summed E-state index contributed by atoms with van der Waals surface area (Å²) in [5.74, 6) is -1.20. The van der Waals surface area contributed by atoms with Crippen molar-refractivity contribution in [2.75, 3.05) is 6.61 Å². The van der Waals surface area contributed by atoms with Crippen LogP contribution < -0.4 is 10.2 Å². The average Bonchev–Trinajstić information content (AvgIpc) is 3.25. The Labute approximate surface area is 179 Å². The first-order valence-corrected chi connectivity index (χ1v) is 9.53. The van der Waals surface area contributed by atoms with Crippen LogP contribution in [0.25, 0.3) is 16.7 Å². The van der Waals surface area contributed by atoms with E-state index in [9.17, 15) is 14.0 Å². The zero-order valence-corrected chi connectivity index (χ0v) is 16.9. The van der Waals surface area contributed by atoms with Crippen LogP contribution in [0.3, 0.4) is 0 Å². The van der Waals surface area contributed by atoms with Gasteiger partial charge in [0.25, 0.3) is 0 Å². The summed E-state index contributed by atoms with van der Waals surface area (Å²) < 4.78 is 26.9. The number of rotatable bonds is 5. The highest BCUT2D eigenvalue weighted by Crippen LogP contribution is 2.23. The van der Waals surface area contributed by atoms with Crippen molar-refractivity contribution in [3.63, 3.8) is 0 Å². The van der Waals surface area contributed by atoms with Crippen LogP contribution in [0.2, 0.25) is 5.15 Å². The zero-order chi connectivity index (χ0) is 22.0. The van der Waals surface area contributed by atoms with Gasteiger partial charge in [-0.1, -0.05) is 28.9 Å². The lowest BCUT2D eigenvalue weighted by Crippen LogP contribution is -2.19. The fraction of sp³-hybridized carbons (Fsp3) is 0.150. The van der Waals surface area contributed by atoms with E-state index in [4.69, 9.17) is 21.1 Å². The van der Waals surface area contributed by atoms with Crippen molar-refractivity contribution in [1.29, 1.82) is 0 Å². The van der Waals surface area contributed by atoms with Gasteiger partial charge in [0, 0.05) is 11.9 Å². The van der Waals surface area contributed by atoms with Gasteiger partial charge < -0.3 is 9.47 Å². The normalized spacial score (nSPS) is 10.9. The van der Waals surface area contributed by atoms with Gasteiger partial charge in [-0.3, -0.25) is 9.36 Å². The van der Waals surface area contributed by atoms with Crippen molar-refractivity contribution in [1.82, 2.24) is 24.5 Å². The van der Waals surface area contributed by atoms with E-state index in [1.165, 1.54) is 10.8 Å². The summed E-state index contributed by atoms with van der Waals surface area (Å²) >= 11 is 5.85. The Hall–Kier alpha value is -3.79. The Morgan fingerprint density at radius 3 is 2.71 bits per heavy atom. The lowest BCUT2D eigenvalue weighted by atomic mass is 10.2. The highest BCUT2D eigenvalue weighted by Gasteiger charge is 2.18. The molecule has 0 spiro atoms. The van der Waals surface area contributed by atoms with E-state index in [2.05, 4.69) is 15.3 Å². The number of hydrogen-bond donors (Lipinski definition) is 0. The lowest BCUT2D eigenvalue weighted by Gasteiger charge is -2.14. The first-order chi connectivity index (χ1) is 15.0. The van der Waals surface area contributed by atoms with Crippen molar-refractivity contribution < 1.29 is 18.7 Å². The molecule has 11 heteroatoms. The molecule has 4 rings (SSSR count). The monoisotopic (exact) mass is 443 g/mol. The van der Waals surface area contributed by atoms with Crippen molar-refractivity contribution in [3.05, 3.63) is 75.7 Å². The summed E-state index contributed by atoms with van der Waals surface area (Å²) in [7, 11) is 0. The second-order valence-corrected chi connectivity index (χ2v) is 6.73. The lowest BCUT2D eigenvalue weighted by molar-refractivity contribution is 0.104. The quantitative estimate of drug-likeness (QED) is 0.344. The third-order valence-corrected chi connectivity index (χ3v) is 4.61. The van der Waals surface area contributed by atoms with E-state index in [0.29, 0.717) is 12.2 Å². The Balaban J connectivity index is 1.81. The molecule has 0 saturated heterocycles. The molecule has 3 aromatic heterocycles. The minimum absolute atomic E-state index is 0.0691. The summed E-state index contributed by atoms with van der Waals surface area (Å²) in [6, 6.07) is 8.18. The van der Waals surface area contributed by atoms with Crippen LogP contribution >= 0.6 is 11.6 Å². The van der Waals surface area contributed by atoms with Gasteiger partial charge in [-0.25, -0.2) is 18.9 Å². The summed E-state index contributed by atoms with van der Waals surface area (Å²) in [6.07, 6.45) is 3.56. The Kier molecular flexibility index (Phi) is 5.63. The fourth-order valence-corrected chi connectivity index (χ4v) is 3.09. The number of ether oxygens (including phenoxy) is 2. The molecule has 0 N–H and O–H groups in total. The van der Waals surface area contributed by atoms with Crippen molar-refractivity contribution >= 4 is 28.8 Å². The second-order valence-electron chi connectivity index (χ2n) is 6.38. The minimum atomic E-state index is -1.05. The maximum Gasteiger partial charge on any atom is 0.514 e. The Morgan fingerprint density at radius 2 is 2.03 bits per heavy atom. The molecule has 0 aliphatic rings. The molecule has 3 heterocycles. The molecule has 0 aliphatic carbocycles. The highest BCUT2D eigenvalue weighted by atomic mass is 35.5. The molecule has 0 bridgehead atoms. The number of carbonyl (C=O) groups is 1. The SMILES string of the molecule is CCOC(=O)Oc1cn(-c2ccc(Cn3ccnn3)cc2)c2nc(Cl)c(F)cc2c1=O. The van der Waals surface area contributed by atoms with Crippen molar-refractivity contribution in [2.45, 2.75) is 13.5 Å². The summed E-state index contributed by atoms with van der Waals surface area (Å²) in [5.41, 5.74) is 0.915. The molecule has 0 saturated carbocycles. The smallest absolute Gasteiger partial charge is 0.434 e. The third-order valence-electron chi connectivity index (χ3n) is 4.34. The van der Waals surface area contributed by atoms with Crippen LogP contribution in [0.4, 0.5) is 9.18 Å². The highest BCUT2D eigenvalue weighted by molar-refractivity contribution is 6.29. The first-order valence-electron chi connectivity index (χ1n) is 9.15. The van der Waals surface area contributed by atoms with Crippen LogP contribution in [-0.4, -0.2) is 37.3 Å². The minimum Gasteiger partial charge on any atom is -0.434 e. The van der Waals surface area contributed by atoms with E-state index in [-0.39, 0.29) is 28.5 Å². The van der Waals surface area contributed by atoms with Gasteiger partial charge in [0.2, 0.25) is 5.43 Å². The van der Waals surface area contributed by atoms with E-state index in [0.717, 1.165) is 11.6 Å². The number of aromatic nitrogens is 5. The Morgan fingerprint density at radius 1 is 1.26 bits per heavy atom. The fourth-order valence-electron chi connectivity index (χ4n) is 2.95. The van der Waals surface area contributed by atoms with Gasteiger partial charge in [-0.05, 0) is 30.7 Å². The summed E-state index contributed by atoms with van der Waals surface area (Å²) in [5, 5.41) is 7.20. The molecule has 0 radical (unpaired) electrons. The number of benzene rings is 1. The number of fused-ring (bicyclic) bond motifs is 1. The predicted octanol–water partition coefficient (Wildman–Crippen LogP) is 3.35. The number of halogens is 2. The maximum atomic E-state index is 14.0. The van der Waals surface area contributed by atoms with Crippen LogP contribution in [0.1, 0.15) is 12.5 Å². The average molecular weight is 444 g/mol. The van der Waals surface area contributed by atoms with Crippen molar-refractivity contribution in [3.8, 4) is 11.4 Å². The van der Waals surface area contributed by atoms with E-state index >= 15 is 0 Å². The van der Waals surface area contributed by atoms with Gasteiger partial charge in [0.05, 0.1) is 30.9 Å². The van der Waals surface area contributed by atoms with E-state index in [1.807, 2.05) is 12.1 Å². The van der Waals surface area contributed by atoms with Gasteiger partial charge in [-0.2, -0.15) is 0 Å². The molecule has 0 atom stereocenters. The number of pyridine rings is 2. The maximum absolute atomic E-state index is 14.0. The van der Waals surface area contributed by atoms with Crippen LogP contribution in [0.15, 0.2) is 53.7 Å². The summed E-state index contributed by atoms with van der Waals surface area (Å²) in [6.45, 7) is 2.18. The number of hydrogen-bond acceptors (Lipinski definition) is 7. The van der Waals surface area contributed by atoms with Crippen LogP contribution in [-0.2, 0) is 11.3 Å². The van der Waals surface area contributed by atoms with E-state index in [1.54, 1.807) is 36.1 Å². The molecular formula is C20H15ClFN5O4. The molecule has 158 valence electrons. The van der Waals surface area contributed by atoms with Gasteiger partial charge >= 0.3 is 6.16 Å². The van der Waals surface area contributed by atoms with Gasteiger partial charge in [-0.15, -0.1) is 5.10 Å². The number of carbonyl (C=O) groups excluding carboxylic acids is 1. The topological polar surface area (TPSA) is 101 Å². The van der Waals surface area contributed by atoms with Crippen LogP contribution in [0.5, 0.6) is 5.75 Å². The molecule has 0 unspecified atom stereocenters.